The predicted molar refractivity (Wildman–Crippen MR) is 95.7 cm³/mol. The molecule has 1 aliphatic rings. The second kappa shape index (κ2) is 6.63. The van der Waals surface area contributed by atoms with E-state index in [0.717, 1.165) is 24.4 Å². The molecule has 1 aromatic carbocycles. The van der Waals surface area contributed by atoms with E-state index in [1.54, 1.807) is 6.07 Å². The van der Waals surface area contributed by atoms with Gasteiger partial charge in [-0.15, -0.1) is 11.3 Å². The van der Waals surface area contributed by atoms with E-state index < -0.39 is 10.0 Å². The van der Waals surface area contributed by atoms with Crippen LogP contribution in [-0.2, 0) is 10.0 Å². The Balaban J connectivity index is 1.57. The number of thiophene rings is 1. The van der Waals surface area contributed by atoms with E-state index in [1.807, 2.05) is 13.0 Å². The zero-order chi connectivity index (χ0) is 16.4. The first kappa shape index (κ1) is 16.5. The molecule has 23 heavy (non-hydrogen) atoms. The van der Waals surface area contributed by atoms with Gasteiger partial charge in [-0.1, -0.05) is 17.7 Å². The van der Waals surface area contributed by atoms with Gasteiger partial charge in [-0.3, -0.25) is 0 Å². The second-order valence-corrected chi connectivity index (χ2v) is 9.43. The van der Waals surface area contributed by atoms with Gasteiger partial charge in [0.15, 0.2) is 0 Å². The highest BCUT2D eigenvalue weighted by Gasteiger charge is 2.25. The van der Waals surface area contributed by atoms with Crippen molar-refractivity contribution < 1.29 is 8.42 Å². The summed E-state index contributed by atoms with van der Waals surface area (Å²) in [6, 6.07) is 12.0. The number of hydrogen-bond acceptors (Lipinski definition) is 4. The third-order valence-electron chi connectivity index (χ3n) is 4.23. The number of rotatable bonds is 5. The molecule has 1 N–H and O–H groups in total. The summed E-state index contributed by atoms with van der Waals surface area (Å²) in [5.74, 6) is 0.354. The largest absolute Gasteiger partial charge is 0.371 e. The fourth-order valence-corrected chi connectivity index (χ4v) is 5.29. The Kier molecular flexibility index (Phi) is 4.75. The van der Waals surface area contributed by atoms with Gasteiger partial charge >= 0.3 is 0 Å². The summed E-state index contributed by atoms with van der Waals surface area (Å²) in [4.78, 5) is 3.34. The van der Waals surface area contributed by atoms with Crippen LogP contribution in [0.5, 0.6) is 0 Å². The fraction of sp³-hybridized carbons (Fsp3) is 0.412. The molecule has 1 unspecified atom stereocenters. The summed E-state index contributed by atoms with van der Waals surface area (Å²) in [5.41, 5.74) is 2.47. The van der Waals surface area contributed by atoms with Crippen molar-refractivity contribution in [1.82, 2.24) is 4.72 Å². The molecular formula is C17H22N2O2S2. The highest BCUT2D eigenvalue weighted by Crippen LogP contribution is 2.25. The van der Waals surface area contributed by atoms with E-state index >= 15 is 0 Å². The summed E-state index contributed by atoms with van der Waals surface area (Å²) in [6.07, 6.45) is 1.01. The quantitative estimate of drug-likeness (QED) is 0.901. The maximum Gasteiger partial charge on any atom is 0.250 e. The molecule has 1 atom stereocenters. The van der Waals surface area contributed by atoms with Crippen molar-refractivity contribution in [3.8, 4) is 0 Å². The van der Waals surface area contributed by atoms with Crippen molar-refractivity contribution in [2.45, 2.75) is 24.5 Å². The molecule has 124 valence electrons. The van der Waals surface area contributed by atoms with Gasteiger partial charge in [0.05, 0.1) is 0 Å². The molecule has 3 rings (SSSR count). The SMILES string of the molecule is Cc1ccc(N2CCC(CNS(=O)(=O)c3ccc(C)s3)C2)cc1. The molecule has 2 aromatic rings. The Morgan fingerprint density at radius 2 is 1.91 bits per heavy atom. The first-order chi connectivity index (χ1) is 10.9. The van der Waals surface area contributed by atoms with Crippen LogP contribution in [0.15, 0.2) is 40.6 Å². The first-order valence-electron chi connectivity index (χ1n) is 7.82. The molecule has 6 heteroatoms. The molecule has 0 saturated carbocycles. The van der Waals surface area contributed by atoms with Crippen LogP contribution in [0.3, 0.4) is 0 Å². The molecule has 0 amide bonds. The monoisotopic (exact) mass is 350 g/mol. The number of sulfonamides is 1. The number of anilines is 1. The van der Waals surface area contributed by atoms with E-state index in [1.165, 1.54) is 22.6 Å². The van der Waals surface area contributed by atoms with Crippen LogP contribution in [0.1, 0.15) is 16.9 Å². The van der Waals surface area contributed by atoms with Crippen molar-refractivity contribution in [3.05, 3.63) is 46.8 Å². The smallest absolute Gasteiger partial charge is 0.250 e. The van der Waals surface area contributed by atoms with Crippen molar-refractivity contribution in [2.24, 2.45) is 5.92 Å². The number of hydrogen-bond donors (Lipinski definition) is 1. The summed E-state index contributed by atoms with van der Waals surface area (Å²) in [7, 11) is -3.36. The van der Waals surface area contributed by atoms with E-state index in [9.17, 15) is 8.42 Å². The van der Waals surface area contributed by atoms with Gasteiger partial charge in [-0.2, -0.15) is 0 Å². The van der Waals surface area contributed by atoms with Gasteiger partial charge in [0.2, 0.25) is 10.0 Å². The molecule has 4 nitrogen and oxygen atoms in total. The molecule has 1 aromatic heterocycles. The normalized spacial score (nSPS) is 18.5. The highest BCUT2D eigenvalue weighted by atomic mass is 32.2. The number of benzene rings is 1. The Morgan fingerprint density at radius 1 is 1.17 bits per heavy atom. The van der Waals surface area contributed by atoms with E-state index in [4.69, 9.17) is 0 Å². The van der Waals surface area contributed by atoms with Crippen molar-refractivity contribution in [2.75, 3.05) is 24.5 Å². The third kappa shape index (κ3) is 3.94. The Labute approximate surface area is 142 Å². The van der Waals surface area contributed by atoms with Crippen LogP contribution in [0.4, 0.5) is 5.69 Å². The summed E-state index contributed by atoms with van der Waals surface area (Å²) < 4.78 is 27.7. The molecule has 1 aliphatic heterocycles. The summed E-state index contributed by atoms with van der Waals surface area (Å²) in [5, 5.41) is 0. The van der Waals surface area contributed by atoms with Crippen LogP contribution < -0.4 is 9.62 Å². The van der Waals surface area contributed by atoms with Gasteiger partial charge in [-0.25, -0.2) is 13.1 Å². The van der Waals surface area contributed by atoms with Gasteiger partial charge in [0.25, 0.3) is 0 Å². The third-order valence-corrected chi connectivity index (χ3v) is 7.14. The van der Waals surface area contributed by atoms with Crippen molar-refractivity contribution in [1.29, 1.82) is 0 Å². The molecular weight excluding hydrogens is 328 g/mol. The molecule has 2 heterocycles. The van der Waals surface area contributed by atoms with Crippen LogP contribution in [-0.4, -0.2) is 28.1 Å². The second-order valence-electron chi connectivity index (χ2n) is 6.15. The van der Waals surface area contributed by atoms with Gasteiger partial charge in [0, 0.05) is 30.2 Å². The Hall–Kier alpha value is -1.37. The highest BCUT2D eigenvalue weighted by molar-refractivity contribution is 7.91. The maximum absolute atomic E-state index is 12.3. The number of nitrogens with zero attached hydrogens (tertiary/aromatic N) is 1. The van der Waals surface area contributed by atoms with E-state index in [-0.39, 0.29) is 0 Å². The van der Waals surface area contributed by atoms with Crippen LogP contribution in [0.25, 0.3) is 0 Å². The number of aryl methyl sites for hydroxylation is 2. The summed E-state index contributed by atoms with van der Waals surface area (Å²) >= 11 is 1.32. The zero-order valence-electron chi connectivity index (χ0n) is 13.5. The predicted octanol–water partition coefficient (Wildman–Crippen LogP) is 3.17. The molecule has 0 spiro atoms. The van der Waals surface area contributed by atoms with Crippen molar-refractivity contribution >= 4 is 27.0 Å². The molecule has 1 saturated heterocycles. The minimum absolute atomic E-state index is 0.354. The first-order valence-corrected chi connectivity index (χ1v) is 10.1. The lowest BCUT2D eigenvalue weighted by Gasteiger charge is -2.19. The van der Waals surface area contributed by atoms with E-state index in [0.29, 0.717) is 16.7 Å². The Morgan fingerprint density at radius 3 is 2.57 bits per heavy atom. The topological polar surface area (TPSA) is 49.4 Å². The average Bonchev–Trinajstić information content (AvgIpc) is 3.15. The molecule has 0 aliphatic carbocycles. The number of nitrogens with one attached hydrogen (secondary N) is 1. The lowest BCUT2D eigenvalue weighted by Crippen LogP contribution is -2.30. The van der Waals surface area contributed by atoms with Gasteiger partial charge < -0.3 is 4.90 Å². The van der Waals surface area contributed by atoms with Crippen LogP contribution in [0, 0.1) is 19.8 Å². The van der Waals surface area contributed by atoms with Crippen LogP contribution >= 0.6 is 11.3 Å². The summed E-state index contributed by atoms with van der Waals surface area (Å²) in [6.45, 7) is 6.38. The van der Waals surface area contributed by atoms with Gasteiger partial charge in [-0.05, 0) is 50.5 Å². The zero-order valence-corrected chi connectivity index (χ0v) is 15.1. The lowest BCUT2D eigenvalue weighted by atomic mass is 10.1. The van der Waals surface area contributed by atoms with Gasteiger partial charge in [0.1, 0.15) is 4.21 Å². The molecule has 0 radical (unpaired) electrons. The minimum Gasteiger partial charge on any atom is -0.371 e. The fourth-order valence-electron chi connectivity index (χ4n) is 2.84. The van der Waals surface area contributed by atoms with Crippen LogP contribution in [0.2, 0.25) is 0 Å². The lowest BCUT2D eigenvalue weighted by molar-refractivity contribution is 0.543. The molecule has 0 bridgehead atoms. The maximum atomic E-state index is 12.3. The standard InChI is InChI=1S/C17H22N2O2S2/c1-13-3-6-16(7-4-13)19-10-9-15(12-19)11-18-23(20,21)17-8-5-14(2)22-17/h3-8,15,18H,9-12H2,1-2H3. The minimum atomic E-state index is -3.36. The Bertz CT molecular complexity index is 766. The molecule has 1 fully saturated rings. The average molecular weight is 351 g/mol. The van der Waals surface area contributed by atoms with Crippen molar-refractivity contribution in [3.63, 3.8) is 0 Å². The van der Waals surface area contributed by atoms with E-state index in [2.05, 4.69) is 40.8 Å².